The van der Waals surface area contributed by atoms with Gasteiger partial charge in [-0.25, -0.2) is 4.79 Å². The van der Waals surface area contributed by atoms with Crippen LogP contribution in [-0.4, -0.2) is 67.8 Å². The van der Waals surface area contributed by atoms with Crippen molar-refractivity contribution in [3.8, 4) is 0 Å². The Morgan fingerprint density at radius 3 is 2.44 bits per heavy atom. The Balaban J connectivity index is 1.34. The van der Waals surface area contributed by atoms with E-state index < -0.39 is 0 Å². The molecule has 2 amide bonds. The number of amides is 2. The van der Waals surface area contributed by atoms with Crippen LogP contribution >= 0.6 is 11.6 Å². The van der Waals surface area contributed by atoms with Crippen LogP contribution in [0.3, 0.4) is 0 Å². The summed E-state index contributed by atoms with van der Waals surface area (Å²) >= 11 is 6.01. The number of carbonyl (C=O) groups excluding carboxylic acids is 1. The molecule has 5 nitrogen and oxygen atoms in total. The monoisotopic (exact) mass is 391 g/mol. The first-order valence-corrected chi connectivity index (χ1v) is 10.5. The summed E-state index contributed by atoms with van der Waals surface area (Å²) in [5.74, 6) is 0. The van der Waals surface area contributed by atoms with Gasteiger partial charge in [0.25, 0.3) is 0 Å². The Bertz CT molecular complexity index is 669. The van der Waals surface area contributed by atoms with Gasteiger partial charge in [-0.1, -0.05) is 23.7 Å². The van der Waals surface area contributed by atoms with Crippen molar-refractivity contribution in [3.05, 3.63) is 34.9 Å². The van der Waals surface area contributed by atoms with E-state index in [1.165, 1.54) is 5.56 Å². The topological polar surface area (TPSA) is 44.8 Å². The highest BCUT2D eigenvalue weighted by molar-refractivity contribution is 6.30. The van der Waals surface area contributed by atoms with Crippen molar-refractivity contribution in [2.24, 2.45) is 0 Å². The van der Waals surface area contributed by atoms with E-state index >= 15 is 0 Å². The minimum absolute atomic E-state index is 0.0766. The predicted octanol–water partition coefficient (Wildman–Crippen LogP) is 3.27. The zero-order valence-electron chi connectivity index (χ0n) is 16.2. The highest BCUT2D eigenvalue weighted by Crippen LogP contribution is 2.47. The standard InChI is InChI=1S/C21H30ClN3O2/c1-24-12-13-25(11-8-21(24)9-14-27-15-10-21)19(26)23-16-20(6-7-20)17-2-4-18(22)5-3-17/h2-5H,6-16H2,1H3,(H,23,26). The van der Waals surface area contributed by atoms with Gasteiger partial charge in [0.1, 0.15) is 0 Å². The Kier molecular flexibility index (Phi) is 5.36. The van der Waals surface area contributed by atoms with Crippen molar-refractivity contribution < 1.29 is 9.53 Å². The Hall–Kier alpha value is -1.30. The molecular formula is C21H30ClN3O2. The Morgan fingerprint density at radius 1 is 1.07 bits per heavy atom. The molecule has 1 saturated carbocycles. The minimum atomic E-state index is 0.0766. The van der Waals surface area contributed by atoms with Crippen molar-refractivity contribution in [1.29, 1.82) is 0 Å². The van der Waals surface area contributed by atoms with E-state index in [0.717, 1.165) is 70.0 Å². The third-order valence-electron chi connectivity index (χ3n) is 6.96. The molecule has 148 valence electrons. The van der Waals surface area contributed by atoms with Gasteiger partial charge in [0.15, 0.2) is 0 Å². The molecule has 0 atom stereocenters. The molecule has 0 bridgehead atoms. The number of nitrogens with one attached hydrogen (secondary N) is 1. The maximum Gasteiger partial charge on any atom is 0.317 e. The first kappa shape index (κ1) is 19.0. The zero-order valence-corrected chi connectivity index (χ0v) is 16.9. The SMILES string of the molecule is CN1CCN(C(=O)NCC2(c3ccc(Cl)cc3)CC2)CCC12CCOCC2. The van der Waals surface area contributed by atoms with Gasteiger partial charge in [-0.05, 0) is 56.8 Å². The molecule has 27 heavy (non-hydrogen) atoms. The number of benzene rings is 1. The lowest BCUT2D eigenvalue weighted by Crippen LogP contribution is -2.50. The fourth-order valence-electron chi connectivity index (χ4n) is 4.62. The van der Waals surface area contributed by atoms with Gasteiger partial charge in [0, 0.05) is 55.4 Å². The summed E-state index contributed by atoms with van der Waals surface area (Å²) in [7, 11) is 2.20. The number of likely N-dealkylation sites (N-methyl/N-ethyl adjacent to an activating group) is 1. The molecule has 3 aliphatic rings. The second-order valence-corrected chi connectivity index (χ2v) is 8.88. The van der Waals surface area contributed by atoms with Crippen molar-refractivity contribution in [2.75, 3.05) is 46.4 Å². The summed E-state index contributed by atoms with van der Waals surface area (Å²) in [6.45, 7) is 4.91. The third kappa shape index (κ3) is 3.96. The van der Waals surface area contributed by atoms with Crippen LogP contribution in [0.2, 0.25) is 5.02 Å². The quantitative estimate of drug-likeness (QED) is 0.860. The van der Waals surface area contributed by atoms with Crippen LogP contribution in [0.4, 0.5) is 4.79 Å². The van der Waals surface area contributed by atoms with E-state index in [1.54, 1.807) is 0 Å². The number of carbonyl (C=O) groups is 1. The van der Waals surface area contributed by atoms with E-state index in [-0.39, 0.29) is 17.0 Å². The van der Waals surface area contributed by atoms with E-state index in [9.17, 15) is 4.79 Å². The molecule has 2 aliphatic heterocycles. The van der Waals surface area contributed by atoms with Crippen LogP contribution in [0, 0.1) is 0 Å². The van der Waals surface area contributed by atoms with E-state index in [1.807, 2.05) is 17.0 Å². The summed E-state index contributed by atoms with van der Waals surface area (Å²) in [4.78, 5) is 17.3. The molecular weight excluding hydrogens is 362 g/mol. The van der Waals surface area contributed by atoms with E-state index in [4.69, 9.17) is 16.3 Å². The van der Waals surface area contributed by atoms with E-state index in [0.29, 0.717) is 6.54 Å². The Morgan fingerprint density at radius 2 is 1.78 bits per heavy atom. The molecule has 0 unspecified atom stereocenters. The first-order valence-electron chi connectivity index (χ1n) is 10.1. The van der Waals surface area contributed by atoms with Crippen LogP contribution in [0.1, 0.15) is 37.7 Å². The summed E-state index contributed by atoms with van der Waals surface area (Å²) in [6, 6.07) is 8.15. The van der Waals surface area contributed by atoms with Crippen molar-refractivity contribution >= 4 is 17.6 Å². The zero-order chi connectivity index (χ0) is 18.9. The number of halogens is 1. The molecule has 1 N–H and O–H groups in total. The summed E-state index contributed by atoms with van der Waals surface area (Å²) in [5.41, 5.74) is 1.59. The average molecular weight is 392 g/mol. The Labute approximate surface area is 167 Å². The lowest BCUT2D eigenvalue weighted by molar-refractivity contribution is -0.0158. The number of urea groups is 1. The van der Waals surface area contributed by atoms with Gasteiger partial charge in [-0.15, -0.1) is 0 Å². The van der Waals surface area contributed by atoms with Gasteiger partial charge in [-0.2, -0.15) is 0 Å². The molecule has 0 radical (unpaired) electrons. The number of rotatable bonds is 3. The normalized spacial score (nSPS) is 24.4. The number of hydrogen-bond donors (Lipinski definition) is 1. The second-order valence-electron chi connectivity index (χ2n) is 8.44. The van der Waals surface area contributed by atoms with Gasteiger partial charge < -0.3 is 15.0 Å². The maximum atomic E-state index is 12.8. The lowest BCUT2D eigenvalue weighted by atomic mass is 9.85. The molecule has 0 aromatic heterocycles. The molecule has 3 fully saturated rings. The third-order valence-corrected chi connectivity index (χ3v) is 7.21. The van der Waals surface area contributed by atoms with Gasteiger partial charge >= 0.3 is 6.03 Å². The van der Waals surface area contributed by atoms with Crippen LogP contribution in [0.5, 0.6) is 0 Å². The molecule has 2 saturated heterocycles. The first-order chi connectivity index (χ1) is 13.0. The summed E-state index contributed by atoms with van der Waals surface area (Å²) in [5, 5.41) is 3.97. The smallest absolute Gasteiger partial charge is 0.317 e. The van der Waals surface area contributed by atoms with Crippen molar-refractivity contribution in [1.82, 2.24) is 15.1 Å². The summed E-state index contributed by atoms with van der Waals surface area (Å²) in [6.07, 6.45) is 5.42. The highest BCUT2D eigenvalue weighted by atomic mass is 35.5. The predicted molar refractivity (Wildman–Crippen MR) is 107 cm³/mol. The largest absolute Gasteiger partial charge is 0.381 e. The van der Waals surface area contributed by atoms with Crippen molar-refractivity contribution in [3.63, 3.8) is 0 Å². The molecule has 1 spiro atoms. The number of ether oxygens (including phenoxy) is 1. The number of hydrogen-bond acceptors (Lipinski definition) is 3. The van der Waals surface area contributed by atoms with Gasteiger partial charge in [-0.3, -0.25) is 4.90 Å². The van der Waals surface area contributed by atoms with Crippen LogP contribution < -0.4 is 5.32 Å². The van der Waals surface area contributed by atoms with Crippen molar-refractivity contribution in [2.45, 2.75) is 43.1 Å². The molecule has 1 aliphatic carbocycles. The lowest BCUT2D eigenvalue weighted by Gasteiger charge is -2.43. The van der Waals surface area contributed by atoms with Crippen LogP contribution in [-0.2, 0) is 10.2 Å². The molecule has 6 heteroatoms. The molecule has 4 rings (SSSR count). The highest BCUT2D eigenvalue weighted by Gasteiger charge is 2.45. The fraction of sp³-hybridized carbons (Fsp3) is 0.667. The van der Waals surface area contributed by atoms with Crippen LogP contribution in [0.25, 0.3) is 0 Å². The second kappa shape index (κ2) is 7.61. The van der Waals surface area contributed by atoms with Gasteiger partial charge in [0.05, 0.1) is 0 Å². The average Bonchev–Trinajstić information content (AvgIpc) is 3.49. The summed E-state index contributed by atoms with van der Waals surface area (Å²) < 4.78 is 5.56. The van der Waals surface area contributed by atoms with Crippen LogP contribution in [0.15, 0.2) is 24.3 Å². The molecule has 1 aromatic carbocycles. The van der Waals surface area contributed by atoms with E-state index in [2.05, 4.69) is 29.4 Å². The maximum absolute atomic E-state index is 12.8. The molecule has 2 heterocycles. The minimum Gasteiger partial charge on any atom is -0.381 e. The van der Waals surface area contributed by atoms with Gasteiger partial charge in [0.2, 0.25) is 0 Å². The molecule has 1 aromatic rings. The number of nitrogens with zero attached hydrogens (tertiary/aromatic N) is 2. The fourth-order valence-corrected chi connectivity index (χ4v) is 4.74.